The molecule has 0 saturated carbocycles. The van der Waals surface area contributed by atoms with Crippen LogP contribution in [0.5, 0.6) is 5.75 Å². The van der Waals surface area contributed by atoms with Gasteiger partial charge in [0.1, 0.15) is 6.61 Å². The fraction of sp³-hybridized carbons (Fsp3) is 0.304. The van der Waals surface area contributed by atoms with Crippen molar-refractivity contribution < 1.29 is 48.0 Å². The first-order chi connectivity index (χ1) is 17.0. The molecule has 0 heterocycles. The standard InChI is InChI=1S/C23H25F2N3O8/c24-16-7-4-8-17(25)20(16)36-12-19(30)18(9-1-2-10-26-13-29)28-21(31)14-5-3-6-15(11-14)27-22(32)23(33,34)35/h3-8,11,13,18,33-35H,1-2,9-10,12H2,(H,26,29)(H,27,32)(H,28,31). The lowest BCUT2D eigenvalue weighted by Gasteiger charge is -2.19. The number of hydrogen-bond donors (Lipinski definition) is 6. The quantitative estimate of drug-likeness (QED) is 0.119. The molecule has 0 bridgehead atoms. The van der Waals surface area contributed by atoms with Gasteiger partial charge in [-0.3, -0.25) is 19.2 Å². The predicted octanol–water partition coefficient (Wildman–Crippen LogP) is 0.197. The Hall–Kier alpha value is -3.94. The molecular weight excluding hydrogens is 484 g/mol. The minimum atomic E-state index is -3.63. The first-order valence-corrected chi connectivity index (χ1v) is 10.7. The Labute approximate surface area is 204 Å². The number of hydrogen-bond acceptors (Lipinski definition) is 8. The SMILES string of the molecule is O=CNCCCCC(NC(=O)c1cccc(NC(=O)C(O)(O)O)c1)C(=O)COc1c(F)cccc1F. The minimum absolute atomic E-state index is 0.0336. The number of carbonyl (C=O) groups is 4. The molecule has 2 aromatic rings. The number of ketones is 1. The van der Waals surface area contributed by atoms with Crippen LogP contribution in [0.1, 0.15) is 29.6 Å². The number of anilines is 1. The van der Waals surface area contributed by atoms with E-state index in [1.807, 2.05) is 5.32 Å². The summed E-state index contributed by atoms with van der Waals surface area (Å²) in [5, 5.41) is 33.7. The summed E-state index contributed by atoms with van der Waals surface area (Å²) in [7, 11) is 0. The Kier molecular flexibility index (Phi) is 10.4. The number of nitrogens with one attached hydrogen (secondary N) is 3. The highest BCUT2D eigenvalue weighted by molar-refractivity contribution is 6.00. The number of unbranched alkanes of at least 4 members (excludes halogenated alkanes) is 1. The number of rotatable bonds is 14. The van der Waals surface area contributed by atoms with Crippen LogP contribution in [0.15, 0.2) is 42.5 Å². The molecule has 1 unspecified atom stereocenters. The number of amides is 3. The summed E-state index contributed by atoms with van der Waals surface area (Å²) in [4.78, 5) is 47.4. The number of carbonyl (C=O) groups excluding carboxylic acids is 4. The van der Waals surface area contributed by atoms with Crippen molar-refractivity contribution in [1.82, 2.24) is 10.6 Å². The van der Waals surface area contributed by atoms with Crippen molar-refractivity contribution in [2.75, 3.05) is 18.5 Å². The smallest absolute Gasteiger partial charge is 0.360 e. The molecule has 2 aromatic carbocycles. The second-order valence-electron chi connectivity index (χ2n) is 7.57. The molecular formula is C23H25F2N3O8. The van der Waals surface area contributed by atoms with E-state index in [4.69, 9.17) is 20.1 Å². The molecule has 3 amide bonds. The molecule has 0 aliphatic carbocycles. The van der Waals surface area contributed by atoms with Crippen molar-refractivity contribution in [3.05, 3.63) is 59.7 Å². The number of halogens is 2. The molecule has 0 radical (unpaired) electrons. The van der Waals surface area contributed by atoms with E-state index in [-0.39, 0.29) is 17.7 Å². The van der Waals surface area contributed by atoms with Crippen LogP contribution in [0.2, 0.25) is 0 Å². The Morgan fingerprint density at radius 3 is 2.33 bits per heavy atom. The van der Waals surface area contributed by atoms with Gasteiger partial charge in [0.2, 0.25) is 6.41 Å². The van der Waals surface area contributed by atoms with E-state index in [0.29, 0.717) is 25.8 Å². The van der Waals surface area contributed by atoms with E-state index in [1.54, 1.807) is 0 Å². The van der Waals surface area contributed by atoms with E-state index in [0.717, 1.165) is 24.3 Å². The maximum absolute atomic E-state index is 13.8. The van der Waals surface area contributed by atoms with Crippen molar-refractivity contribution in [2.24, 2.45) is 0 Å². The van der Waals surface area contributed by atoms with Gasteiger partial charge < -0.3 is 36.0 Å². The largest absolute Gasteiger partial charge is 0.480 e. The molecule has 0 saturated heterocycles. The van der Waals surface area contributed by atoms with Gasteiger partial charge in [0.05, 0.1) is 6.04 Å². The maximum Gasteiger partial charge on any atom is 0.360 e. The van der Waals surface area contributed by atoms with Gasteiger partial charge in [0.25, 0.3) is 5.91 Å². The minimum Gasteiger partial charge on any atom is -0.480 e. The number of para-hydroxylation sites is 1. The monoisotopic (exact) mass is 509 g/mol. The third-order valence-electron chi connectivity index (χ3n) is 4.81. The summed E-state index contributed by atoms with van der Waals surface area (Å²) >= 11 is 0. The fourth-order valence-corrected chi connectivity index (χ4v) is 3.01. The highest BCUT2D eigenvalue weighted by Gasteiger charge is 2.30. The molecule has 0 spiro atoms. The summed E-state index contributed by atoms with van der Waals surface area (Å²) in [6.07, 6.45) is 1.51. The van der Waals surface area contributed by atoms with Crippen molar-refractivity contribution in [2.45, 2.75) is 31.3 Å². The van der Waals surface area contributed by atoms with Crippen molar-refractivity contribution in [3.8, 4) is 5.75 Å². The molecule has 0 aliphatic heterocycles. The van der Waals surface area contributed by atoms with E-state index < -0.39 is 53.6 Å². The van der Waals surface area contributed by atoms with Gasteiger partial charge in [0, 0.05) is 17.8 Å². The summed E-state index contributed by atoms with van der Waals surface area (Å²) in [5.74, 6) is -9.36. The molecule has 194 valence electrons. The summed E-state index contributed by atoms with van der Waals surface area (Å²) < 4.78 is 32.6. The van der Waals surface area contributed by atoms with Crippen LogP contribution in [-0.2, 0) is 14.4 Å². The Morgan fingerprint density at radius 1 is 1.03 bits per heavy atom. The second kappa shape index (κ2) is 13.2. The van der Waals surface area contributed by atoms with Crippen LogP contribution in [0.4, 0.5) is 14.5 Å². The zero-order valence-electron chi connectivity index (χ0n) is 18.9. The average Bonchev–Trinajstić information content (AvgIpc) is 2.82. The van der Waals surface area contributed by atoms with Gasteiger partial charge >= 0.3 is 11.9 Å². The van der Waals surface area contributed by atoms with E-state index in [2.05, 4.69) is 10.6 Å². The Balaban J connectivity index is 2.11. The fourth-order valence-electron chi connectivity index (χ4n) is 3.01. The predicted molar refractivity (Wildman–Crippen MR) is 120 cm³/mol. The Morgan fingerprint density at radius 2 is 1.69 bits per heavy atom. The van der Waals surface area contributed by atoms with Crippen molar-refractivity contribution in [3.63, 3.8) is 0 Å². The lowest BCUT2D eigenvalue weighted by atomic mass is 10.0. The van der Waals surface area contributed by atoms with E-state index in [1.165, 1.54) is 18.2 Å². The molecule has 6 N–H and O–H groups in total. The molecule has 0 aromatic heterocycles. The van der Waals surface area contributed by atoms with Crippen molar-refractivity contribution >= 4 is 29.7 Å². The van der Waals surface area contributed by atoms with Crippen LogP contribution in [0.25, 0.3) is 0 Å². The third-order valence-corrected chi connectivity index (χ3v) is 4.81. The summed E-state index contributed by atoms with van der Waals surface area (Å²) in [5.41, 5.74) is -0.0935. The lowest BCUT2D eigenvalue weighted by molar-refractivity contribution is -0.284. The Bertz CT molecular complexity index is 1070. The molecule has 36 heavy (non-hydrogen) atoms. The van der Waals surface area contributed by atoms with Gasteiger partial charge in [-0.25, -0.2) is 8.78 Å². The van der Waals surface area contributed by atoms with Gasteiger partial charge in [0.15, 0.2) is 23.2 Å². The number of aliphatic hydroxyl groups is 3. The summed E-state index contributed by atoms with van der Waals surface area (Å²) in [6, 6.07) is 7.08. The first-order valence-electron chi connectivity index (χ1n) is 10.7. The molecule has 2 rings (SSSR count). The van der Waals surface area contributed by atoms with Gasteiger partial charge in [-0.1, -0.05) is 12.1 Å². The molecule has 1 atom stereocenters. The number of ether oxygens (including phenoxy) is 1. The van der Waals surface area contributed by atoms with Gasteiger partial charge in [-0.15, -0.1) is 0 Å². The normalized spacial score (nSPS) is 11.8. The highest BCUT2D eigenvalue weighted by Crippen LogP contribution is 2.21. The van der Waals surface area contributed by atoms with Crippen molar-refractivity contribution in [1.29, 1.82) is 0 Å². The molecule has 0 aliphatic rings. The van der Waals surface area contributed by atoms with E-state index in [9.17, 15) is 28.0 Å². The molecule has 11 nitrogen and oxygen atoms in total. The van der Waals surface area contributed by atoms with Crippen LogP contribution >= 0.6 is 0 Å². The van der Waals surface area contributed by atoms with Crippen LogP contribution in [-0.4, -0.2) is 64.5 Å². The van der Waals surface area contributed by atoms with Gasteiger partial charge in [-0.2, -0.15) is 0 Å². The van der Waals surface area contributed by atoms with Gasteiger partial charge in [-0.05, 0) is 49.6 Å². The second-order valence-corrected chi connectivity index (χ2v) is 7.57. The van der Waals surface area contributed by atoms with Crippen LogP contribution in [0, 0.1) is 11.6 Å². The topological polar surface area (TPSA) is 174 Å². The number of Topliss-reactive ketones (excluding diaryl/α,β-unsaturated/α-hetero) is 1. The maximum atomic E-state index is 13.8. The first kappa shape index (κ1) is 28.3. The molecule has 13 heteroatoms. The third kappa shape index (κ3) is 8.69. The zero-order valence-corrected chi connectivity index (χ0v) is 18.9. The molecule has 0 fully saturated rings. The lowest BCUT2D eigenvalue weighted by Crippen LogP contribution is -2.43. The van der Waals surface area contributed by atoms with Crippen LogP contribution in [0.3, 0.4) is 0 Å². The highest BCUT2D eigenvalue weighted by atomic mass is 19.1. The summed E-state index contributed by atoms with van der Waals surface area (Å²) in [6.45, 7) is -0.407. The van der Waals surface area contributed by atoms with E-state index >= 15 is 0 Å². The zero-order chi connectivity index (χ0) is 26.7. The number of benzene rings is 2. The average molecular weight is 509 g/mol. The van der Waals surface area contributed by atoms with Crippen LogP contribution < -0.4 is 20.7 Å².